The Hall–Kier alpha value is -4.05. The fourth-order valence-electron chi connectivity index (χ4n) is 3.86. The molecule has 37 heavy (non-hydrogen) atoms. The number of rotatable bonds is 8. The molecule has 0 spiro atoms. The number of nitrogens with one attached hydrogen (secondary N) is 2. The predicted octanol–water partition coefficient (Wildman–Crippen LogP) is 3.19. The minimum absolute atomic E-state index is 0.136. The van der Waals surface area contributed by atoms with Gasteiger partial charge in [-0.1, -0.05) is 18.2 Å². The van der Waals surface area contributed by atoms with Gasteiger partial charge in [-0.25, -0.2) is 9.59 Å². The van der Waals surface area contributed by atoms with E-state index in [-0.39, 0.29) is 17.6 Å². The molecule has 2 amide bonds. The van der Waals surface area contributed by atoms with E-state index >= 15 is 0 Å². The number of carboxylic acid groups (broad SMARTS) is 1. The number of aromatic carboxylic acids is 1. The highest BCUT2D eigenvalue weighted by Gasteiger charge is 2.25. The van der Waals surface area contributed by atoms with Gasteiger partial charge in [0.1, 0.15) is 5.60 Å². The van der Waals surface area contributed by atoms with Crippen LogP contribution >= 0.6 is 0 Å². The number of allylic oxidation sites excluding steroid dienone is 3. The van der Waals surface area contributed by atoms with Gasteiger partial charge in [0, 0.05) is 63.1 Å². The number of carbonyl (C=O) groups excluding carboxylic acids is 2. The fourth-order valence-corrected chi connectivity index (χ4v) is 3.86. The van der Waals surface area contributed by atoms with E-state index in [0.717, 1.165) is 6.21 Å². The summed E-state index contributed by atoms with van der Waals surface area (Å²) in [4.78, 5) is 44.0. The van der Waals surface area contributed by atoms with Crippen molar-refractivity contribution in [2.45, 2.75) is 26.4 Å². The number of hydrogen-bond acceptors (Lipinski definition) is 7. The Labute approximate surface area is 216 Å². The number of benzene rings is 1. The second kappa shape index (κ2) is 12.3. The van der Waals surface area contributed by atoms with Gasteiger partial charge in [-0.05, 0) is 50.1 Å². The third kappa shape index (κ3) is 7.97. The standard InChI is InChI=1S/C27H33N5O5/c1-27(2,3)37-26(36)32-15-13-31(14-16-32)12-11-30-24(33)6-4-5-20(18-28)19-7-8-23-22(17-19)21(25(34)35)9-10-29-23/h4-10,17-18,28H,11-16H2,1-3H3,(H,30,33)(H,34,35)/b6-4+,20-5+,28-18?. The van der Waals surface area contributed by atoms with Crippen LogP contribution in [0.25, 0.3) is 16.5 Å². The smallest absolute Gasteiger partial charge is 0.410 e. The highest BCUT2D eigenvalue weighted by Crippen LogP contribution is 2.22. The third-order valence-corrected chi connectivity index (χ3v) is 5.74. The summed E-state index contributed by atoms with van der Waals surface area (Å²) in [5.41, 5.74) is 1.34. The zero-order valence-corrected chi connectivity index (χ0v) is 21.4. The van der Waals surface area contributed by atoms with Crippen molar-refractivity contribution >= 4 is 40.7 Å². The summed E-state index contributed by atoms with van der Waals surface area (Å²) in [6, 6.07) is 6.58. The Balaban J connectivity index is 1.49. The average Bonchev–Trinajstić information content (AvgIpc) is 2.85. The zero-order chi connectivity index (χ0) is 27.0. The second-order valence-electron chi connectivity index (χ2n) is 9.62. The van der Waals surface area contributed by atoms with Gasteiger partial charge in [0.15, 0.2) is 0 Å². The Morgan fingerprint density at radius 2 is 1.89 bits per heavy atom. The van der Waals surface area contributed by atoms with Gasteiger partial charge < -0.3 is 25.5 Å². The van der Waals surface area contributed by atoms with Crippen LogP contribution in [0.2, 0.25) is 0 Å². The van der Waals surface area contributed by atoms with Crippen LogP contribution in [0.5, 0.6) is 0 Å². The summed E-state index contributed by atoms with van der Waals surface area (Å²) < 4.78 is 5.41. The molecule has 10 heteroatoms. The van der Waals surface area contributed by atoms with Gasteiger partial charge in [-0.3, -0.25) is 14.7 Å². The van der Waals surface area contributed by atoms with Crippen LogP contribution in [0, 0.1) is 5.41 Å². The second-order valence-corrected chi connectivity index (χ2v) is 9.62. The number of hydrogen-bond donors (Lipinski definition) is 3. The Kier molecular flexibility index (Phi) is 9.13. The summed E-state index contributed by atoms with van der Waals surface area (Å²) in [7, 11) is 0. The molecule has 0 unspecified atom stereocenters. The molecule has 0 radical (unpaired) electrons. The lowest BCUT2D eigenvalue weighted by Gasteiger charge is -2.35. The lowest BCUT2D eigenvalue weighted by atomic mass is 10.0. The Morgan fingerprint density at radius 1 is 1.16 bits per heavy atom. The van der Waals surface area contributed by atoms with Crippen molar-refractivity contribution in [3.05, 3.63) is 59.8 Å². The molecule has 1 fully saturated rings. The van der Waals surface area contributed by atoms with Crippen LogP contribution in [0.1, 0.15) is 36.7 Å². The summed E-state index contributed by atoms with van der Waals surface area (Å²) >= 11 is 0. The molecular weight excluding hydrogens is 474 g/mol. The molecule has 0 aliphatic carbocycles. The van der Waals surface area contributed by atoms with E-state index in [9.17, 15) is 19.5 Å². The Bertz CT molecular complexity index is 1220. The van der Waals surface area contributed by atoms with E-state index in [1.165, 1.54) is 18.3 Å². The van der Waals surface area contributed by atoms with Crippen molar-refractivity contribution < 1.29 is 24.2 Å². The van der Waals surface area contributed by atoms with E-state index in [0.29, 0.717) is 61.3 Å². The molecule has 0 bridgehead atoms. The van der Waals surface area contributed by atoms with Crippen LogP contribution in [0.3, 0.4) is 0 Å². The number of ether oxygens (including phenoxy) is 1. The van der Waals surface area contributed by atoms with Gasteiger partial charge in [-0.2, -0.15) is 0 Å². The van der Waals surface area contributed by atoms with E-state index in [1.54, 1.807) is 35.3 Å². The highest BCUT2D eigenvalue weighted by atomic mass is 16.6. The van der Waals surface area contributed by atoms with Crippen molar-refractivity contribution in [3.63, 3.8) is 0 Å². The largest absolute Gasteiger partial charge is 0.478 e. The molecule has 3 rings (SSSR count). The first kappa shape index (κ1) is 27.5. The minimum atomic E-state index is -1.05. The number of amides is 2. The molecule has 1 aliphatic rings. The lowest BCUT2D eigenvalue weighted by Crippen LogP contribution is -2.51. The van der Waals surface area contributed by atoms with Gasteiger partial charge in [0.25, 0.3) is 0 Å². The summed E-state index contributed by atoms with van der Waals surface area (Å²) in [6.45, 7) is 9.25. The van der Waals surface area contributed by atoms with Crippen molar-refractivity contribution in [2.24, 2.45) is 0 Å². The number of piperazine rings is 1. The number of fused-ring (bicyclic) bond motifs is 1. The number of aromatic nitrogens is 1. The molecule has 1 saturated heterocycles. The average molecular weight is 508 g/mol. The quantitative estimate of drug-likeness (QED) is 0.284. The molecule has 0 atom stereocenters. The molecule has 2 aromatic rings. The van der Waals surface area contributed by atoms with Crippen molar-refractivity contribution in [1.29, 1.82) is 5.41 Å². The monoisotopic (exact) mass is 507 g/mol. The topological polar surface area (TPSA) is 136 Å². The highest BCUT2D eigenvalue weighted by molar-refractivity contribution is 6.11. The Morgan fingerprint density at radius 3 is 2.54 bits per heavy atom. The minimum Gasteiger partial charge on any atom is -0.478 e. The van der Waals surface area contributed by atoms with Crippen molar-refractivity contribution in [3.8, 4) is 0 Å². The van der Waals surface area contributed by atoms with Gasteiger partial charge in [0.2, 0.25) is 5.91 Å². The number of carbonyl (C=O) groups is 3. The third-order valence-electron chi connectivity index (χ3n) is 5.74. The first-order valence-electron chi connectivity index (χ1n) is 12.1. The maximum atomic E-state index is 12.2. The maximum Gasteiger partial charge on any atom is 0.410 e. The molecule has 1 aromatic carbocycles. The molecule has 196 valence electrons. The molecule has 1 aromatic heterocycles. The molecule has 3 N–H and O–H groups in total. The number of nitrogens with zero attached hydrogens (tertiary/aromatic N) is 3. The van der Waals surface area contributed by atoms with Crippen molar-refractivity contribution in [1.82, 2.24) is 20.1 Å². The van der Waals surface area contributed by atoms with E-state index < -0.39 is 11.6 Å². The number of pyridine rings is 1. The normalized spacial score (nSPS) is 15.1. The molecule has 0 saturated carbocycles. The van der Waals surface area contributed by atoms with Crippen LogP contribution in [-0.2, 0) is 9.53 Å². The first-order chi connectivity index (χ1) is 17.6. The summed E-state index contributed by atoms with van der Waals surface area (Å²) in [5, 5.41) is 20.5. The van der Waals surface area contributed by atoms with Crippen LogP contribution in [0.15, 0.2) is 48.7 Å². The van der Waals surface area contributed by atoms with Crippen LogP contribution in [-0.4, -0.2) is 88.9 Å². The van der Waals surface area contributed by atoms with Gasteiger partial charge in [-0.15, -0.1) is 0 Å². The van der Waals surface area contributed by atoms with E-state index in [2.05, 4.69) is 15.2 Å². The van der Waals surface area contributed by atoms with Crippen molar-refractivity contribution in [2.75, 3.05) is 39.3 Å². The van der Waals surface area contributed by atoms with E-state index in [4.69, 9.17) is 10.1 Å². The molecular formula is C27H33N5O5. The van der Waals surface area contributed by atoms with Gasteiger partial charge >= 0.3 is 12.1 Å². The molecule has 1 aliphatic heterocycles. The summed E-state index contributed by atoms with van der Waals surface area (Å²) in [6.07, 6.45) is 6.86. The predicted molar refractivity (Wildman–Crippen MR) is 142 cm³/mol. The van der Waals surface area contributed by atoms with E-state index in [1.807, 2.05) is 20.8 Å². The SMILES string of the molecule is CC(C)(C)OC(=O)N1CCN(CCNC(=O)/C=C/C=C(\C=N)c2ccc3nccc(C(=O)O)c3c2)CC1. The molecule has 2 heterocycles. The fraction of sp³-hybridized carbons (Fsp3) is 0.370. The van der Waals surface area contributed by atoms with Gasteiger partial charge in [0.05, 0.1) is 11.1 Å². The summed E-state index contributed by atoms with van der Waals surface area (Å²) in [5.74, 6) is -1.31. The van der Waals surface area contributed by atoms with Crippen LogP contribution < -0.4 is 5.32 Å². The zero-order valence-electron chi connectivity index (χ0n) is 21.4. The number of carboxylic acids is 1. The maximum absolute atomic E-state index is 12.2. The molecule has 10 nitrogen and oxygen atoms in total. The van der Waals surface area contributed by atoms with Crippen LogP contribution in [0.4, 0.5) is 4.79 Å². The first-order valence-corrected chi connectivity index (χ1v) is 12.1. The lowest BCUT2D eigenvalue weighted by molar-refractivity contribution is -0.116.